The Balaban J connectivity index is 1.86. The molecule has 21 heavy (non-hydrogen) atoms. The van der Waals surface area contributed by atoms with E-state index in [9.17, 15) is 18.3 Å². The second kappa shape index (κ2) is 5.14. The molecule has 1 N–H and O–H groups in total. The number of halogens is 3. The lowest BCUT2D eigenvalue weighted by Gasteiger charge is -2.36. The van der Waals surface area contributed by atoms with Crippen molar-refractivity contribution < 1.29 is 23.0 Å². The molecule has 7 heteroatoms. The Morgan fingerprint density at radius 2 is 2.24 bits per heavy atom. The molecule has 2 aliphatic heterocycles. The van der Waals surface area contributed by atoms with Crippen LogP contribution in [0.3, 0.4) is 0 Å². The third-order valence-corrected chi connectivity index (χ3v) is 4.54. The summed E-state index contributed by atoms with van der Waals surface area (Å²) in [5, 5.41) is 9.72. The van der Waals surface area contributed by atoms with Gasteiger partial charge in [-0.3, -0.25) is 0 Å². The zero-order chi connectivity index (χ0) is 15.1. The number of pyridine rings is 1. The van der Waals surface area contributed by atoms with E-state index < -0.39 is 11.9 Å². The van der Waals surface area contributed by atoms with E-state index in [1.807, 2.05) is 4.90 Å². The number of hydrogen-bond acceptors (Lipinski definition) is 4. The highest BCUT2D eigenvalue weighted by atomic mass is 19.4. The number of anilines is 1. The molecule has 1 aromatic rings. The molecule has 0 spiro atoms. The largest absolute Gasteiger partial charge is 0.433 e. The maximum atomic E-state index is 12.8. The normalized spacial score (nSPS) is 29.5. The summed E-state index contributed by atoms with van der Waals surface area (Å²) in [6, 6.07) is 3.92. The number of aliphatic hydroxyl groups excluding tert-OH is 1. The molecule has 2 saturated heterocycles. The van der Waals surface area contributed by atoms with Gasteiger partial charge in [0.2, 0.25) is 0 Å². The molecular formula is C14H17F3N2O2. The first-order chi connectivity index (χ1) is 9.94. The fourth-order valence-electron chi connectivity index (χ4n) is 3.24. The number of aliphatic hydroxyl groups is 1. The van der Waals surface area contributed by atoms with Crippen LogP contribution in [0.25, 0.3) is 0 Å². The number of fused-ring (bicyclic) bond motifs is 1. The van der Waals surface area contributed by atoms with Crippen LogP contribution in [0.2, 0.25) is 0 Å². The van der Waals surface area contributed by atoms with Crippen LogP contribution in [0.15, 0.2) is 18.2 Å². The molecule has 1 aromatic heterocycles. The van der Waals surface area contributed by atoms with Gasteiger partial charge in [-0.2, -0.15) is 13.2 Å². The maximum Gasteiger partial charge on any atom is 0.433 e. The summed E-state index contributed by atoms with van der Waals surface area (Å²) in [6.45, 7) is 2.23. The second-order valence-corrected chi connectivity index (χ2v) is 5.80. The van der Waals surface area contributed by atoms with Gasteiger partial charge in [-0.1, -0.05) is 6.07 Å². The van der Waals surface area contributed by atoms with Crippen LogP contribution >= 0.6 is 0 Å². The van der Waals surface area contributed by atoms with Crippen molar-refractivity contribution in [2.24, 2.45) is 11.3 Å². The summed E-state index contributed by atoms with van der Waals surface area (Å²) >= 11 is 0. The van der Waals surface area contributed by atoms with Gasteiger partial charge < -0.3 is 14.7 Å². The van der Waals surface area contributed by atoms with Gasteiger partial charge in [0.25, 0.3) is 0 Å². The van der Waals surface area contributed by atoms with Crippen LogP contribution < -0.4 is 4.90 Å². The number of aromatic nitrogens is 1. The Morgan fingerprint density at radius 1 is 1.43 bits per heavy atom. The first-order valence-electron chi connectivity index (χ1n) is 6.92. The summed E-state index contributed by atoms with van der Waals surface area (Å²) in [4.78, 5) is 5.55. The van der Waals surface area contributed by atoms with Crippen molar-refractivity contribution in [1.82, 2.24) is 4.98 Å². The lowest BCUT2D eigenvalue weighted by molar-refractivity contribution is -0.141. The Labute approximate surface area is 120 Å². The van der Waals surface area contributed by atoms with Crippen molar-refractivity contribution in [2.45, 2.75) is 12.6 Å². The molecule has 0 saturated carbocycles. The van der Waals surface area contributed by atoms with E-state index in [-0.39, 0.29) is 17.9 Å². The van der Waals surface area contributed by atoms with Crippen LogP contribution in [0.5, 0.6) is 0 Å². The highest BCUT2D eigenvalue weighted by Crippen LogP contribution is 2.43. The van der Waals surface area contributed by atoms with E-state index >= 15 is 0 Å². The number of nitrogens with zero attached hydrogens (tertiary/aromatic N) is 2. The molecule has 2 fully saturated rings. The van der Waals surface area contributed by atoms with Crippen LogP contribution in [-0.4, -0.2) is 43.0 Å². The number of ether oxygens (including phenoxy) is 1. The Kier molecular flexibility index (Phi) is 3.57. The van der Waals surface area contributed by atoms with Gasteiger partial charge in [-0.25, -0.2) is 4.98 Å². The van der Waals surface area contributed by atoms with Crippen molar-refractivity contribution >= 4 is 5.82 Å². The fraction of sp³-hybridized carbons (Fsp3) is 0.643. The molecule has 0 aliphatic carbocycles. The molecule has 2 aliphatic rings. The van der Waals surface area contributed by atoms with Gasteiger partial charge >= 0.3 is 6.18 Å². The molecule has 2 atom stereocenters. The van der Waals surface area contributed by atoms with Crippen molar-refractivity contribution in [3.8, 4) is 0 Å². The van der Waals surface area contributed by atoms with Crippen LogP contribution in [0, 0.1) is 11.3 Å². The monoisotopic (exact) mass is 302 g/mol. The average Bonchev–Trinajstić information content (AvgIpc) is 2.86. The molecular weight excluding hydrogens is 285 g/mol. The zero-order valence-corrected chi connectivity index (χ0v) is 11.4. The SMILES string of the molecule is OC[C@]12CCOC[C@H]1CN(c1cccc(C(F)(F)F)n1)C2. The number of hydrogen-bond donors (Lipinski definition) is 1. The van der Waals surface area contributed by atoms with Gasteiger partial charge in [0.05, 0.1) is 13.2 Å². The van der Waals surface area contributed by atoms with E-state index in [2.05, 4.69) is 4.98 Å². The molecule has 0 amide bonds. The van der Waals surface area contributed by atoms with Crippen molar-refractivity contribution in [1.29, 1.82) is 0 Å². The molecule has 0 aromatic carbocycles. The van der Waals surface area contributed by atoms with Crippen LogP contribution in [0.1, 0.15) is 12.1 Å². The van der Waals surface area contributed by atoms with E-state index in [0.717, 1.165) is 12.5 Å². The summed E-state index contributed by atoms with van der Waals surface area (Å²) in [7, 11) is 0. The van der Waals surface area contributed by atoms with Gasteiger partial charge in [0.15, 0.2) is 0 Å². The first kappa shape index (κ1) is 14.6. The Bertz CT molecular complexity index is 523. The molecule has 0 bridgehead atoms. The topological polar surface area (TPSA) is 45.6 Å². The van der Waals surface area contributed by atoms with E-state index in [0.29, 0.717) is 32.1 Å². The van der Waals surface area contributed by atoms with Crippen LogP contribution in [-0.2, 0) is 10.9 Å². The standard InChI is InChI=1S/C14H17F3N2O2/c15-14(16,17)11-2-1-3-12(18-11)19-6-10-7-21-5-4-13(10,8-19)9-20/h1-3,10,20H,4-9H2/t10-,13-/m1/s1. The molecule has 0 radical (unpaired) electrons. The van der Waals surface area contributed by atoms with E-state index in [4.69, 9.17) is 4.74 Å². The predicted octanol–water partition coefficient (Wildman–Crippen LogP) is 1.94. The molecule has 4 nitrogen and oxygen atoms in total. The minimum absolute atomic E-state index is 0.0243. The van der Waals surface area contributed by atoms with Crippen molar-refractivity contribution in [2.75, 3.05) is 37.8 Å². The number of rotatable bonds is 2. The fourth-order valence-corrected chi connectivity index (χ4v) is 3.24. The summed E-state index contributed by atoms with van der Waals surface area (Å²) in [5.41, 5.74) is -1.17. The Morgan fingerprint density at radius 3 is 2.90 bits per heavy atom. The molecule has 3 rings (SSSR count). The highest BCUT2D eigenvalue weighted by Gasteiger charge is 2.48. The third-order valence-electron chi connectivity index (χ3n) is 4.54. The van der Waals surface area contributed by atoms with E-state index in [1.165, 1.54) is 6.07 Å². The van der Waals surface area contributed by atoms with Gasteiger partial charge in [0, 0.05) is 31.0 Å². The minimum atomic E-state index is -4.44. The van der Waals surface area contributed by atoms with Crippen molar-refractivity contribution in [3.63, 3.8) is 0 Å². The quantitative estimate of drug-likeness (QED) is 0.907. The van der Waals surface area contributed by atoms with Gasteiger partial charge in [0.1, 0.15) is 11.5 Å². The average molecular weight is 302 g/mol. The van der Waals surface area contributed by atoms with Crippen molar-refractivity contribution in [3.05, 3.63) is 23.9 Å². The summed E-state index contributed by atoms with van der Waals surface area (Å²) in [5.74, 6) is 0.444. The predicted molar refractivity (Wildman–Crippen MR) is 69.9 cm³/mol. The zero-order valence-electron chi connectivity index (χ0n) is 11.4. The highest BCUT2D eigenvalue weighted by molar-refractivity contribution is 5.42. The van der Waals surface area contributed by atoms with E-state index in [1.54, 1.807) is 6.07 Å². The smallest absolute Gasteiger partial charge is 0.396 e. The molecule has 0 unspecified atom stereocenters. The number of alkyl halides is 3. The molecule has 3 heterocycles. The maximum absolute atomic E-state index is 12.8. The molecule has 116 valence electrons. The minimum Gasteiger partial charge on any atom is -0.396 e. The third kappa shape index (κ3) is 2.60. The summed E-state index contributed by atoms with van der Waals surface area (Å²) in [6.07, 6.45) is -3.72. The lowest BCUT2D eigenvalue weighted by Crippen LogP contribution is -2.41. The second-order valence-electron chi connectivity index (χ2n) is 5.80. The van der Waals surface area contributed by atoms with Gasteiger partial charge in [-0.15, -0.1) is 0 Å². The lowest BCUT2D eigenvalue weighted by atomic mass is 9.75. The van der Waals surface area contributed by atoms with Crippen LogP contribution in [0.4, 0.5) is 19.0 Å². The summed E-state index contributed by atoms with van der Waals surface area (Å²) < 4.78 is 43.7. The van der Waals surface area contributed by atoms with Gasteiger partial charge in [-0.05, 0) is 18.6 Å². The first-order valence-corrected chi connectivity index (χ1v) is 6.92. The Hall–Kier alpha value is -1.34.